The second-order valence-corrected chi connectivity index (χ2v) is 7.94. The first-order valence-electron chi connectivity index (χ1n) is 9.33. The molecule has 4 heterocycles. The number of aryl methyl sites for hydroxylation is 1. The number of benzene rings is 1. The Balaban J connectivity index is 1.61. The molecular formula is C20H16ClN5O4. The molecule has 1 amide bonds. The number of hydrogen-bond acceptors (Lipinski definition) is 6. The first kappa shape index (κ1) is 18.5. The number of amides is 1. The Morgan fingerprint density at radius 2 is 2.17 bits per heavy atom. The SMILES string of the molecule is Cc1cc(C(=O)N2C[C@H]3CC2c2c(O)n(-c4ccc(C#N)c(Cl)c4C)c(=O)n23)no1. The van der Waals surface area contributed by atoms with E-state index in [9.17, 15) is 14.7 Å². The van der Waals surface area contributed by atoms with Gasteiger partial charge in [-0.2, -0.15) is 5.26 Å². The van der Waals surface area contributed by atoms with Crippen LogP contribution in [-0.4, -0.2) is 36.7 Å². The molecule has 1 saturated heterocycles. The zero-order valence-electron chi connectivity index (χ0n) is 16.1. The smallest absolute Gasteiger partial charge is 0.336 e. The molecule has 10 heteroatoms. The maximum atomic E-state index is 13.2. The second kappa shape index (κ2) is 6.24. The van der Waals surface area contributed by atoms with Crippen molar-refractivity contribution < 1.29 is 14.4 Å². The summed E-state index contributed by atoms with van der Waals surface area (Å²) < 4.78 is 7.73. The lowest BCUT2D eigenvalue weighted by Crippen LogP contribution is -2.38. The maximum absolute atomic E-state index is 13.2. The van der Waals surface area contributed by atoms with E-state index in [1.807, 2.05) is 6.07 Å². The molecule has 0 aliphatic carbocycles. The minimum Gasteiger partial charge on any atom is -0.493 e. The summed E-state index contributed by atoms with van der Waals surface area (Å²) in [4.78, 5) is 27.7. The van der Waals surface area contributed by atoms with Gasteiger partial charge in [-0.1, -0.05) is 16.8 Å². The van der Waals surface area contributed by atoms with E-state index >= 15 is 0 Å². The Labute approximate surface area is 175 Å². The predicted molar refractivity (Wildman–Crippen MR) is 105 cm³/mol. The Hall–Kier alpha value is -3.51. The molecule has 5 rings (SSSR count). The van der Waals surface area contributed by atoms with E-state index in [1.54, 1.807) is 35.4 Å². The van der Waals surface area contributed by atoms with Crippen molar-refractivity contribution in [2.45, 2.75) is 32.4 Å². The Morgan fingerprint density at radius 3 is 2.83 bits per heavy atom. The number of nitrogens with zero attached hydrogens (tertiary/aromatic N) is 5. The molecule has 2 aliphatic heterocycles. The summed E-state index contributed by atoms with van der Waals surface area (Å²) in [6.07, 6.45) is 0.550. The van der Waals surface area contributed by atoms with Gasteiger partial charge in [-0.25, -0.2) is 9.36 Å². The number of imidazole rings is 1. The van der Waals surface area contributed by atoms with Gasteiger partial charge in [-0.05, 0) is 38.0 Å². The molecule has 3 aromatic rings. The van der Waals surface area contributed by atoms with Crippen LogP contribution in [0.2, 0.25) is 5.02 Å². The molecule has 9 nitrogen and oxygen atoms in total. The zero-order valence-corrected chi connectivity index (χ0v) is 16.8. The summed E-state index contributed by atoms with van der Waals surface area (Å²) in [5.41, 5.74) is 1.39. The number of rotatable bonds is 2. The normalized spacial score (nSPS) is 19.2. The van der Waals surface area contributed by atoms with Crippen LogP contribution in [0.15, 0.2) is 27.5 Å². The fourth-order valence-electron chi connectivity index (χ4n) is 4.51. The molecule has 2 aliphatic rings. The molecular weight excluding hydrogens is 410 g/mol. The van der Waals surface area contributed by atoms with E-state index < -0.39 is 11.7 Å². The molecule has 30 heavy (non-hydrogen) atoms. The van der Waals surface area contributed by atoms with E-state index in [4.69, 9.17) is 21.4 Å². The van der Waals surface area contributed by atoms with Crippen molar-refractivity contribution in [3.8, 4) is 17.6 Å². The summed E-state index contributed by atoms with van der Waals surface area (Å²) in [5, 5.41) is 24.2. The lowest BCUT2D eigenvalue weighted by atomic mass is 10.1. The number of carbonyl (C=O) groups excluding carboxylic acids is 1. The second-order valence-electron chi connectivity index (χ2n) is 7.57. The third-order valence-corrected chi connectivity index (χ3v) is 6.37. The average Bonchev–Trinajstić information content (AvgIpc) is 3.48. The van der Waals surface area contributed by atoms with Crippen LogP contribution in [0.1, 0.15) is 51.6 Å². The maximum Gasteiger partial charge on any atom is 0.336 e. The number of aromatic nitrogens is 3. The number of likely N-dealkylation sites (tertiary alicyclic amines) is 1. The molecule has 2 atom stereocenters. The zero-order chi connectivity index (χ0) is 21.3. The van der Waals surface area contributed by atoms with Gasteiger partial charge in [0.1, 0.15) is 17.5 Å². The molecule has 2 aromatic heterocycles. The van der Waals surface area contributed by atoms with Crippen LogP contribution < -0.4 is 5.69 Å². The standard InChI is InChI=1S/C20H16ClN5O4/c1-9-5-13(23-30-9)18(27)24-8-12-6-15(24)17-19(28)26(20(29)25(12)17)14-4-3-11(7-22)16(21)10(14)2/h3-5,12,15,28H,6,8H2,1-2H3/t12-,15?/m1/s1. The first-order valence-corrected chi connectivity index (χ1v) is 9.71. The number of aromatic hydroxyl groups is 1. The molecule has 1 N–H and O–H groups in total. The summed E-state index contributed by atoms with van der Waals surface area (Å²) in [6.45, 7) is 3.73. The van der Waals surface area contributed by atoms with E-state index in [1.165, 1.54) is 10.6 Å². The highest BCUT2D eigenvalue weighted by molar-refractivity contribution is 6.32. The van der Waals surface area contributed by atoms with Crippen molar-refractivity contribution in [1.82, 2.24) is 19.2 Å². The van der Waals surface area contributed by atoms with Crippen molar-refractivity contribution in [2.24, 2.45) is 0 Å². The van der Waals surface area contributed by atoms with Crippen LogP contribution >= 0.6 is 11.6 Å². The molecule has 1 aromatic carbocycles. The quantitative estimate of drug-likeness (QED) is 0.674. The molecule has 0 saturated carbocycles. The average molecular weight is 426 g/mol. The fraction of sp³-hybridized carbons (Fsp3) is 0.300. The number of fused-ring (bicyclic) bond motifs is 5. The van der Waals surface area contributed by atoms with Crippen molar-refractivity contribution in [3.63, 3.8) is 0 Å². The van der Waals surface area contributed by atoms with Crippen LogP contribution in [0.3, 0.4) is 0 Å². The number of carbonyl (C=O) groups is 1. The number of hydrogen-bond donors (Lipinski definition) is 1. The number of nitriles is 1. The van der Waals surface area contributed by atoms with E-state index in [2.05, 4.69) is 5.16 Å². The van der Waals surface area contributed by atoms with Crippen LogP contribution in [-0.2, 0) is 0 Å². The van der Waals surface area contributed by atoms with Gasteiger partial charge in [0.25, 0.3) is 5.91 Å². The lowest BCUT2D eigenvalue weighted by Gasteiger charge is -2.26. The molecule has 152 valence electrons. The summed E-state index contributed by atoms with van der Waals surface area (Å²) in [7, 11) is 0. The van der Waals surface area contributed by atoms with Crippen LogP contribution in [0.5, 0.6) is 5.88 Å². The van der Waals surface area contributed by atoms with Crippen molar-refractivity contribution >= 4 is 17.5 Å². The molecule has 0 radical (unpaired) electrons. The monoisotopic (exact) mass is 425 g/mol. The predicted octanol–water partition coefficient (Wildman–Crippen LogP) is 2.62. The van der Waals surface area contributed by atoms with Gasteiger partial charge in [0.2, 0.25) is 5.88 Å². The highest BCUT2D eigenvalue weighted by Gasteiger charge is 2.49. The van der Waals surface area contributed by atoms with Gasteiger partial charge < -0.3 is 14.5 Å². The van der Waals surface area contributed by atoms with Crippen molar-refractivity contribution in [1.29, 1.82) is 5.26 Å². The van der Waals surface area contributed by atoms with Crippen LogP contribution in [0.4, 0.5) is 0 Å². The molecule has 2 bridgehead atoms. The van der Waals surface area contributed by atoms with E-state index in [0.717, 1.165) is 0 Å². The van der Waals surface area contributed by atoms with Crippen molar-refractivity contribution in [3.05, 3.63) is 62.0 Å². The van der Waals surface area contributed by atoms with Gasteiger partial charge in [0, 0.05) is 12.6 Å². The molecule has 0 spiro atoms. The molecule has 1 fully saturated rings. The van der Waals surface area contributed by atoms with E-state index in [-0.39, 0.29) is 34.1 Å². The fourth-order valence-corrected chi connectivity index (χ4v) is 4.71. The highest BCUT2D eigenvalue weighted by atomic mass is 35.5. The van der Waals surface area contributed by atoms with Crippen LogP contribution in [0.25, 0.3) is 5.69 Å². The number of halogens is 1. The van der Waals surface area contributed by atoms with Gasteiger partial charge in [-0.3, -0.25) is 9.36 Å². The van der Waals surface area contributed by atoms with Gasteiger partial charge >= 0.3 is 5.69 Å². The molecule has 1 unspecified atom stereocenters. The Bertz CT molecular complexity index is 1330. The topological polar surface area (TPSA) is 117 Å². The summed E-state index contributed by atoms with van der Waals surface area (Å²) in [6, 6.07) is 5.97. The third kappa shape index (κ3) is 2.31. The third-order valence-electron chi connectivity index (χ3n) is 5.88. The van der Waals surface area contributed by atoms with Crippen LogP contribution in [0, 0.1) is 25.2 Å². The largest absolute Gasteiger partial charge is 0.493 e. The summed E-state index contributed by atoms with van der Waals surface area (Å²) >= 11 is 6.26. The minimum atomic E-state index is -0.442. The Kier molecular flexibility index (Phi) is 3.85. The minimum absolute atomic E-state index is 0.197. The van der Waals surface area contributed by atoms with E-state index in [0.29, 0.717) is 35.7 Å². The lowest BCUT2D eigenvalue weighted by molar-refractivity contribution is 0.0700. The van der Waals surface area contributed by atoms with Gasteiger partial charge in [0.15, 0.2) is 5.69 Å². The first-order chi connectivity index (χ1) is 14.3. The Morgan fingerprint density at radius 1 is 1.40 bits per heavy atom. The van der Waals surface area contributed by atoms with Gasteiger partial charge in [-0.15, -0.1) is 0 Å². The summed E-state index contributed by atoms with van der Waals surface area (Å²) in [5.74, 6) is -0.00482. The van der Waals surface area contributed by atoms with Gasteiger partial charge in [0.05, 0.1) is 28.4 Å². The highest BCUT2D eigenvalue weighted by Crippen LogP contribution is 2.49. The van der Waals surface area contributed by atoms with Crippen molar-refractivity contribution in [2.75, 3.05) is 6.54 Å².